The monoisotopic (exact) mass is 1330 g/mol. The number of nitrogens with zero attached hydrogens (tertiary/aromatic N) is 3. The summed E-state index contributed by atoms with van der Waals surface area (Å²) in [6.07, 6.45) is 13.1. The van der Waals surface area contributed by atoms with Crippen LogP contribution < -0.4 is 19.4 Å². The Bertz CT molecular complexity index is 3850. The molecule has 9 aromatic rings. The molecule has 0 bridgehead atoms. The summed E-state index contributed by atoms with van der Waals surface area (Å²) < 4.78 is 41.7. The van der Waals surface area contributed by atoms with Crippen LogP contribution in [0.2, 0.25) is 0 Å². The molecule has 0 aliphatic carbocycles. The van der Waals surface area contributed by atoms with Gasteiger partial charge in [0.2, 0.25) is 0 Å². The molecule has 3 saturated heterocycles. The number of hydrogen-bond donors (Lipinski definition) is 0. The second-order valence-corrected chi connectivity index (χ2v) is 27.7. The maximum Gasteiger partial charge on any atom is 0.158 e. The van der Waals surface area contributed by atoms with Gasteiger partial charge in [0.05, 0.1) is 43.7 Å². The van der Waals surface area contributed by atoms with Crippen molar-refractivity contribution >= 4 is 51.2 Å². The molecule has 9 aromatic carbocycles. The topological polar surface area (TPSA) is 74.3 Å². The Morgan fingerprint density at radius 1 is 0.303 bits per heavy atom. The van der Waals surface area contributed by atoms with E-state index in [1.807, 2.05) is 12.1 Å². The van der Waals surface area contributed by atoms with E-state index in [-0.39, 0.29) is 37.2 Å². The molecule has 12 rings (SSSR count). The predicted molar refractivity (Wildman–Crippen MR) is 410 cm³/mol. The molecule has 0 saturated carbocycles. The van der Waals surface area contributed by atoms with E-state index in [0.29, 0.717) is 18.3 Å². The molecule has 9 unspecified atom stereocenters. The van der Waals surface area contributed by atoms with Crippen molar-refractivity contribution in [2.24, 2.45) is 0 Å². The van der Waals surface area contributed by atoms with Crippen LogP contribution in [0.5, 0.6) is 5.75 Å². The van der Waals surface area contributed by atoms with E-state index < -0.39 is 0 Å². The van der Waals surface area contributed by atoms with E-state index in [1.54, 1.807) is 7.11 Å². The Morgan fingerprint density at radius 3 is 0.798 bits per heavy atom. The van der Waals surface area contributed by atoms with Crippen molar-refractivity contribution in [2.75, 3.05) is 21.8 Å². The molecule has 10 nitrogen and oxygen atoms in total. The lowest BCUT2D eigenvalue weighted by molar-refractivity contribution is -0.240. The second kappa shape index (κ2) is 35.8. The SMILES string of the molecule is CCC1CC(C)OC(CCc2ccc(N(c3ccc(C)cc3)c3ccc(C)c(C)c3)cc2)O1.CCC1CC(C)OC(CCc2ccc(N(c3ccc(C)cc3)c3ccc(C)cc3)cc2)O1.CCC1CC(C)OC(CCc2ccc(N(c3ccc(OC)cc3)c3ccc(C)c(C)c3)cc2)O1. The Balaban J connectivity index is 0.000000161. The van der Waals surface area contributed by atoms with Crippen molar-refractivity contribution in [3.8, 4) is 5.75 Å². The van der Waals surface area contributed by atoms with Gasteiger partial charge in [-0.05, 0) is 287 Å². The molecular weight excluding hydrogens is 1220 g/mol. The zero-order chi connectivity index (χ0) is 70.0. The minimum Gasteiger partial charge on any atom is -0.497 e. The van der Waals surface area contributed by atoms with Gasteiger partial charge in [0, 0.05) is 70.4 Å². The number of ether oxygens (including phenoxy) is 7. The highest BCUT2D eigenvalue weighted by Crippen LogP contribution is 2.40. The third-order valence-electron chi connectivity index (χ3n) is 19.6. The summed E-state index contributed by atoms with van der Waals surface area (Å²) in [6, 6.07) is 74.3. The first-order valence-corrected chi connectivity index (χ1v) is 36.5. The van der Waals surface area contributed by atoms with Gasteiger partial charge >= 0.3 is 0 Å². The summed E-state index contributed by atoms with van der Waals surface area (Å²) >= 11 is 0. The zero-order valence-electron chi connectivity index (χ0n) is 61.5. The lowest BCUT2D eigenvalue weighted by atomic mass is 10.1. The number of hydrogen-bond acceptors (Lipinski definition) is 10. The average Bonchev–Trinajstić information content (AvgIpc) is 0.825. The van der Waals surface area contributed by atoms with Gasteiger partial charge in [-0.2, -0.15) is 0 Å². The molecule has 0 aromatic heterocycles. The van der Waals surface area contributed by atoms with Gasteiger partial charge in [-0.15, -0.1) is 0 Å². The van der Waals surface area contributed by atoms with Crippen molar-refractivity contribution in [1.29, 1.82) is 0 Å². The van der Waals surface area contributed by atoms with Crippen LogP contribution in [-0.2, 0) is 47.7 Å². The summed E-state index contributed by atoms with van der Waals surface area (Å²) in [5.74, 6) is 0.853. The Labute approximate surface area is 593 Å². The maximum absolute atomic E-state index is 6.11. The number of rotatable bonds is 22. The van der Waals surface area contributed by atoms with Crippen LogP contribution in [0.4, 0.5) is 51.2 Å². The zero-order valence-corrected chi connectivity index (χ0v) is 61.5. The molecule has 522 valence electrons. The third-order valence-corrected chi connectivity index (χ3v) is 19.6. The fourth-order valence-electron chi connectivity index (χ4n) is 13.3. The molecule has 0 amide bonds. The second-order valence-electron chi connectivity index (χ2n) is 27.7. The summed E-state index contributed by atoms with van der Waals surface area (Å²) in [7, 11) is 1.70. The summed E-state index contributed by atoms with van der Waals surface area (Å²) in [5.41, 5.74) is 23.2. The van der Waals surface area contributed by atoms with Crippen LogP contribution in [0.15, 0.2) is 206 Å². The summed E-state index contributed by atoms with van der Waals surface area (Å²) in [6.45, 7) is 28.0. The van der Waals surface area contributed by atoms with Gasteiger partial charge in [-0.1, -0.05) is 122 Å². The molecule has 99 heavy (non-hydrogen) atoms. The fraction of sp³-hybridized carbons (Fsp3) is 0.393. The maximum atomic E-state index is 6.11. The Morgan fingerprint density at radius 2 is 0.545 bits per heavy atom. The van der Waals surface area contributed by atoms with E-state index in [9.17, 15) is 0 Å². The Kier molecular flexibility index (Phi) is 26.6. The minimum atomic E-state index is -0.111. The highest BCUT2D eigenvalue weighted by Gasteiger charge is 2.29. The van der Waals surface area contributed by atoms with Crippen LogP contribution in [0.25, 0.3) is 0 Å². The van der Waals surface area contributed by atoms with Gasteiger partial charge in [-0.25, -0.2) is 0 Å². The van der Waals surface area contributed by atoms with Gasteiger partial charge < -0.3 is 47.9 Å². The first kappa shape index (κ1) is 73.7. The third kappa shape index (κ3) is 20.8. The van der Waals surface area contributed by atoms with Crippen LogP contribution in [0.1, 0.15) is 155 Å². The highest BCUT2D eigenvalue weighted by molar-refractivity contribution is 5.79. The molecule has 3 heterocycles. The molecule has 0 radical (unpaired) electrons. The number of methoxy groups -OCH3 is 1. The first-order valence-electron chi connectivity index (χ1n) is 36.5. The normalized spacial score (nSPS) is 20.5. The highest BCUT2D eigenvalue weighted by atomic mass is 16.7. The standard InChI is InChI=1S/C30H37NO3.C30H37NO2.C29H35NO2/c1-6-28-20-23(4)33-30(34-28)18-10-24-8-12-25(13-9-24)31(26-14-16-29(32-5)17-15-26)27-11-7-21(2)22(3)19-27;1-6-29-20-24(5)32-30(33-29)18-12-25-10-16-27(17-11-25)31(26-13-7-21(2)8-14-26)28-15-9-22(3)23(4)19-28;1-5-28-20-23(4)31-29(32-28)19-12-24-10-17-27(18-11-24)30(25-13-6-21(2)7-14-25)26-15-8-22(3)9-16-26/h7-9,11-17,19,23,28,30H,6,10,18,20H2,1-5H3;7-11,13-17,19,24,29-30H,6,12,18,20H2,1-5H3;6-11,13-18,23,28-29H,5,12,19-20H2,1-4H3. The molecule has 0 spiro atoms. The number of aryl methyl sites for hydroxylation is 10. The number of benzene rings is 9. The lowest BCUT2D eigenvalue weighted by Crippen LogP contribution is -2.36. The van der Waals surface area contributed by atoms with E-state index in [1.165, 1.54) is 67.0 Å². The van der Waals surface area contributed by atoms with E-state index in [0.717, 1.165) is 123 Å². The lowest BCUT2D eigenvalue weighted by Gasteiger charge is -2.34. The summed E-state index contributed by atoms with van der Waals surface area (Å²) in [4.78, 5) is 6.93. The van der Waals surface area contributed by atoms with Crippen molar-refractivity contribution < 1.29 is 33.2 Å². The molecule has 3 fully saturated rings. The molecule has 0 N–H and O–H groups in total. The van der Waals surface area contributed by atoms with E-state index >= 15 is 0 Å². The average molecular weight is 1330 g/mol. The van der Waals surface area contributed by atoms with Crippen molar-refractivity contribution in [1.82, 2.24) is 0 Å². The molecule has 3 aliphatic rings. The smallest absolute Gasteiger partial charge is 0.158 e. The van der Waals surface area contributed by atoms with Crippen molar-refractivity contribution in [3.05, 3.63) is 262 Å². The van der Waals surface area contributed by atoms with Crippen LogP contribution in [-0.4, -0.2) is 62.6 Å². The van der Waals surface area contributed by atoms with E-state index in [4.69, 9.17) is 33.2 Å². The molecule has 3 aliphatic heterocycles. The van der Waals surface area contributed by atoms with Crippen LogP contribution >= 0.6 is 0 Å². The van der Waals surface area contributed by atoms with Crippen molar-refractivity contribution in [2.45, 2.75) is 223 Å². The molecular formula is C89H109N3O7. The van der Waals surface area contributed by atoms with Crippen LogP contribution in [0.3, 0.4) is 0 Å². The fourth-order valence-corrected chi connectivity index (χ4v) is 13.3. The first-order chi connectivity index (χ1) is 47.9. The number of anilines is 9. The van der Waals surface area contributed by atoms with Gasteiger partial charge in [0.15, 0.2) is 18.9 Å². The minimum absolute atomic E-state index is 0.0972. The van der Waals surface area contributed by atoms with E-state index in [2.05, 4.69) is 299 Å². The summed E-state index contributed by atoms with van der Waals surface area (Å²) in [5, 5.41) is 0. The Hall–Kier alpha value is -8.06. The van der Waals surface area contributed by atoms with Gasteiger partial charge in [0.25, 0.3) is 0 Å². The van der Waals surface area contributed by atoms with Gasteiger partial charge in [-0.3, -0.25) is 0 Å². The van der Waals surface area contributed by atoms with Crippen LogP contribution in [0, 0.1) is 48.5 Å². The van der Waals surface area contributed by atoms with Crippen molar-refractivity contribution in [3.63, 3.8) is 0 Å². The molecule has 9 atom stereocenters. The molecule has 10 heteroatoms. The quantitative estimate of drug-likeness (QED) is 0.0655. The van der Waals surface area contributed by atoms with Gasteiger partial charge in [0.1, 0.15) is 5.75 Å². The predicted octanol–water partition coefficient (Wildman–Crippen LogP) is 23.2. The largest absolute Gasteiger partial charge is 0.497 e.